The first-order chi connectivity index (χ1) is 13.6. The number of carbonyl (C=O) groups is 2. The van der Waals surface area contributed by atoms with Gasteiger partial charge in [0.2, 0.25) is 11.7 Å². The molecule has 0 saturated heterocycles. The molecule has 0 aliphatic rings. The Morgan fingerprint density at radius 3 is 1.93 bits per heavy atom. The highest BCUT2D eigenvalue weighted by molar-refractivity contribution is 5.85. The Morgan fingerprint density at radius 1 is 0.897 bits per heavy atom. The fraction of sp³-hybridized carbons (Fsp3) is 0.300. The monoisotopic (exact) mass is 415 g/mol. The van der Waals surface area contributed by atoms with Crippen LogP contribution in [0.2, 0.25) is 0 Å². The van der Waals surface area contributed by atoms with E-state index in [9.17, 15) is 31.5 Å². The molecule has 1 atom stereocenters. The molecule has 0 heterocycles. The van der Waals surface area contributed by atoms with Gasteiger partial charge in [0.15, 0.2) is 23.3 Å². The summed E-state index contributed by atoms with van der Waals surface area (Å²) < 4.78 is 71.6. The fourth-order valence-electron chi connectivity index (χ4n) is 2.51. The molecule has 4 nitrogen and oxygen atoms in total. The van der Waals surface area contributed by atoms with Gasteiger partial charge in [-0.15, -0.1) is 0 Å². The topological polar surface area (TPSA) is 55.4 Å². The van der Waals surface area contributed by atoms with E-state index in [-0.39, 0.29) is 6.42 Å². The van der Waals surface area contributed by atoms with E-state index in [2.05, 4.69) is 5.32 Å². The van der Waals surface area contributed by atoms with Crippen LogP contribution in [-0.4, -0.2) is 17.9 Å². The molecule has 0 saturated carbocycles. The van der Waals surface area contributed by atoms with Crippen LogP contribution in [0.5, 0.6) is 0 Å². The molecule has 0 aliphatic carbocycles. The van der Waals surface area contributed by atoms with Gasteiger partial charge in [-0.2, -0.15) is 0 Å². The average Bonchev–Trinajstić information content (AvgIpc) is 2.69. The van der Waals surface area contributed by atoms with E-state index in [0.717, 1.165) is 0 Å². The first kappa shape index (κ1) is 22.3. The summed E-state index contributed by atoms with van der Waals surface area (Å²) >= 11 is 0. The van der Waals surface area contributed by atoms with Crippen LogP contribution in [0, 0.1) is 35.0 Å². The van der Waals surface area contributed by atoms with Crippen LogP contribution in [0.25, 0.3) is 0 Å². The number of nitrogens with one attached hydrogen (secondary N) is 1. The van der Waals surface area contributed by atoms with Crippen LogP contribution in [0.3, 0.4) is 0 Å². The molecule has 2 rings (SSSR count). The molecule has 0 aliphatic heterocycles. The number of hydrogen-bond donors (Lipinski definition) is 1. The Morgan fingerprint density at radius 2 is 1.41 bits per heavy atom. The highest BCUT2D eigenvalue weighted by Gasteiger charge is 2.29. The Balaban J connectivity index is 2.08. The van der Waals surface area contributed by atoms with Gasteiger partial charge in [-0.25, -0.2) is 26.7 Å². The maximum Gasteiger partial charge on any atom is 0.329 e. The van der Waals surface area contributed by atoms with Crippen molar-refractivity contribution in [2.75, 3.05) is 0 Å². The van der Waals surface area contributed by atoms with Gasteiger partial charge < -0.3 is 10.1 Å². The minimum absolute atomic E-state index is 0.0189. The third kappa shape index (κ3) is 5.30. The van der Waals surface area contributed by atoms with Crippen molar-refractivity contribution in [2.45, 2.75) is 32.9 Å². The number of hydrogen-bond acceptors (Lipinski definition) is 3. The molecule has 9 heteroatoms. The van der Waals surface area contributed by atoms with Gasteiger partial charge in [-0.1, -0.05) is 44.2 Å². The van der Waals surface area contributed by atoms with E-state index >= 15 is 0 Å². The second kappa shape index (κ2) is 9.49. The van der Waals surface area contributed by atoms with Crippen LogP contribution < -0.4 is 5.32 Å². The second-order valence-corrected chi connectivity index (χ2v) is 6.61. The molecule has 0 bridgehead atoms. The number of rotatable bonds is 7. The highest BCUT2D eigenvalue weighted by Crippen LogP contribution is 2.23. The van der Waals surface area contributed by atoms with Gasteiger partial charge in [0, 0.05) is 0 Å². The molecule has 0 unspecified atom stereocenters. The van der Waals surface area contributed by atoms with Gasteiger partial charge in [0.1, 0.15) is 12.6 Å². The molecule has 0 spiro atoms. The lowest BCUT2D eigenvalue weighted by atomic mass is 10.0. The Hall–Kier alpha value is -2.97. The Bertz CT molecular complexity index is 874. The van der Waals surface area contributed by atoms with Crippen LogP contribution >= 0.6 is 0 Å². The largest absolute Gasteiger partial charge is 0.459 e. The summed E-state index contributed by atoms with van der Waals surface area (Å²) in [5, 5.41) is 2.45. The number of amides is 1. The Labute approximate surface area is 163 Å². The highest BCUT2D eigenvalue weighted by atomic mass is 19.2. The maximum atomic E-state index is 13.7. The normalized spacial score (nSPS) is 12.0. The lowest BCUT2D eigenvalue weighted by molar-refractivity contribution is -0.150. The van der Waals surface area contributed by atoms with Gasteiger partial charge in [-0.3, -0.25) is 4.79 Å². The van der Waals surface area contributed by atoms with Gasteiger partial charge in [-0.05, 0) is 11.5 Å². The van der Waals surface area contributed by atoms with Crippen molar-refractivity contribution in [3.05, 3.63) is 70.5 Å². The summed E-state index contributed by atoms with van der Waals surface area (Å²) in [6.07, 6.45) is -0.0189. The van der Waals surface area contributed by atoms with Crippen molar-refractivity contribution in [3.63, 3.8) is 0 Å². The number of halogens is 5. The van der Waals surface area contributed by atoms with Crippen molar-refractivity contribution < 1.29 is 36.3 Å². The zero-order valence-corrected chi connectivity index (χ0v) is 15.6. The first-order valence-electron chi connectivity index (χ1n) is 8.63. The third-order valence-corrected chi connectivity index (χ3v) is 4.10. The van der Waals surface area contributed by atoms with E-state index in [1.807, 2.05) is 0 Å². The predicted octanol–water partition coefficient (Wildman–Crippen LogP) is 3.81. The molecular formula is C20H18F5NO3. The average molecular weight is 415 g/mol. The van der Waals surface area contributed by atoms with E-state index in [1.165, 1.54) is 0 Å². The van der Waals surface area contributed by atoms with Crippen LogP contribution in [-0.2, 0) is 27.4 Å². The van der Waals surface area contributed by atoms with Crippen molar-refractivity contribution >= 4 is 11.9 Å². The van der Waals surface area contributed by atoms with Crippen LogP contribution in [0.1, 0.15) is 25.0 Å². The number of esters is 1. The SMILES string of the molecule is CC(C)[C@H](NC(=O)Cc1ccccc1)C(=O)OCc1c(F)c(F)c(F)c(F)c1F. The molecular weight excluding hydrogens is 397 g/mol. The lowest BCUT2D eigenvalue weighted by Crippen LogP contribution is -2.45. The smallest absolute Gasteiger partial charge is 0.329 e. The van der Waals surface area contributed by atoms with Crippen molar-refractivity contribution in [1.82, 2.24) is 5.32 Å². The molecule has 2 aromatic carbocycles. The molecule has 156 valence electrons. The summed E-state index contributed by atoms with van der Waals surface area (Å²) in [4.78, 5) is 24.4. The van der Waals surface area contributed by atoms with E-state index < -0.39 is 65.1 Å². The summed E-state index contributed by atoms with van der Waals surface area (Å²) in [5.74, 6) is -12.7. The molecule has 0 radical (unpaired) electrons. The quantitative estimate of drug-likeness (QED) is 0.324. The van der Waals surface area contributed by atoms with Crippen molar-refractivity contribution in [3.8, 4) is 0 Å². The maximum absolute atomic E-state index is 13.7. The van der Waals surface area contributed by atoms with Crippen molar-refractivity contribution in [2.24, 2.45) is 5.92 Å². The second-order valence-electron chi connectivity index (χ2n) is 6.61. The molecule has 29 heavy (non-hydrogen) atoms. The van der Waals surface area contributed by atoms with E-state index in [0.29, 0.717) is 5.56 Å². The summed E-state index contributed by atoms with van der Waals surface area (Å²) in [6, 6.07) is 7.50. The molecule has 1 amide bonds. The number of carbonyl (C=O) groups excluding carboxylic acids is 2. The standard InChI is InChI=1S/C20H18F5NO3/c1-10(2)19(26-13(27)8-11-6-4-3-5-7-11)20(28)29-9-12-14(21)16(23)18(25)17(24)15(12)22/h3-7,10,19H,8-9H2,1-2H3,(H,26,27)/t19-/m0/s1. The predicted molar refractivity (Wildman–Crippen MR) is 92.9 cm³/mol. The summed E-state index contributed by atoms with van der Waals surface area (Å²) in [5.41, 5.74) is -0.574. The zero-order valence-electron chi connectivity index (χ0n) is 15.6. The van der Waals surface area contributed by atoms with E-state index in [4.69, 9.17) is 4.74 Å². The van der Waals surface area contributed by atoms with Gasteiger partial charge >= 0.3 is 5.97 Å². The number of ether oxygens (including phenoxy) is 1. The van der Waals surface area contributed by atoms with E-state index in [1.54, 1.807) is 44.2 Å². The fourth-order valence-corrected chi connectivity index (χ4v) is 2.51. The molecule has 2 aromatic rings. The van der Waals surface area contributed by atoms with Crippen LogP contribution in [0.4, 0.5) is 22.0 Å². The lowest BCUT2D eigenvalue weighted by Gasteiger charge is -2.21. The summed E-state index contributed by atoms with van der Waals surface area (Å²) in [7, 11) is 0. The van der Waals surface area contributed by atoms with Crippen molar-refractivity contribution in [1.29, 1.82) is 0 Å². The zero-order chi connectivity index (χ0) is 21.7. The van der Waals surface area contributed by atoms with Gasteiger partial charge in [0.25, 0.3) is 0 Å². The minimum atomic E-state index is -2.30. The molecule has 1 N–H and O–H groups in total. The Kier molecular flexibility index (Phi) is 7.30. The minimum Gasteiger partial charge on any atom is -0.459 e. The van der Waals surface area contributed by atoms with Gasteiger partial charge in [0.05, 0.1) is 12.0 Å². The third-order valence-electron chi connectivity index (χ3n) is 4.10. The number of benzene rings is 2. The van der Waals surface area contributed by atoms with Crippen LogP contribution in [0.15, 0.2) is 30.3 Å². The summed E-state index contributed by atoms with van der Waals surface area (Å²) in [6.45, 7) is 2.00. The molecule has 0 fully saturated rings. The molecule has 0 aromatic heterocycles. The first-order valence-corrected chi connectivity index (χ1v) is 8.63.